The molecular weight excluding hydrogens is 286 g/mol. The molecule has 1 aliphatic rings. The molecule has 0 bridgehead atoms. The lowest BCUT2D eigenvalue weighted by Gasteiger charge is -2.09. The summed E-state index contributed by atoms with van der Waals surface area (Å²) in [4.78, 5) is 38.0. The molecule has 0 saturated carbocycles. The van der Waals surface area contributed by atoms with Gasteiger partial charge < -0.3 is 4.74 Å². The van der Waals surface area contributed by atoms with Crippen LogP contribution in [0.3, 0.4) is 0 Å². The average Bonchev–Trinajstić information content (AvgIpc) is 2.88. The van der Waals surface area contributed by atoms with Gasteiger partial charge in [-0.15, -0.1) is 11.3 Å². The summed E-state index contributed by atoms with van der Waals surface area (Å²) in [5, 5.41) is -0.449. The highest BCUT2D eigenvalue weighted by Crippen LogP contribution is 2.33. The van der Waals surface area contributed by atoms with Crippen LogP contribution in [0.25, 0.3) is 6.08 Å². The number of thiophene rings is 1. The molecule has 19 heavy (non-hydrogen) atoms. The fraction of sp³-hybridized carbons (Fsp3) is 0.250. The van der Waals surface area contributed by atoms with Gasteiger partial charge >= 0.3 is 5.97 Å². The van der Waals surface area contributed by atoms with Gasteiger partial charge in [-0.05, 0) is 36.9 Å². The first-order valence-corrected chi connectivity index (χ1v) is 7.03. The number of rotatable bonds is 3. The Kier molecular flexibility index (Phi) is 4.06. The number of imide groups is 1. The van der Waals surface area contributed by atoms with E-state index in [0.717, 1.165) is 26.4 Å². The molecule has 0 aromatic carbocycles. The van der Waals surface area contributed by atoms with Crippen LogP contribution in [0.1, 0.15) is 9.75 Å². The number of aryl methyl sites for hydroxylation is 1. The van der Waals surface area contributed by atoms with Crippen molar-refractivity contribution in [1.29, 1.82) is 0 Å². The topological polar surface area (TPSA) is 63.7 Å². The van der Waals surface area contributed by atoms with E-state index in [1.807, 2.05) is 19.1 Å². The highest BCUT2D eigenvalue weighted by Gasteiger charge is 2.36. The number of carbonyl (C=O) groups excluding carboxylic acids is 3. The van der Waals surface area contributed by atoms with E-state index in [9.17, 15) is 14.4 Å². The van der Waals surface area contributed by atoms with Gasteiger partial charge in [-0.25, -0.2) is 0 Å². The van der Waals surface area contributed by atoms with Crippen molar-refractivity contribution in [3.05, 3.63) is 26.8 Å². The Morgan fingerprint density at radius 2 is 2.16 bits per heavy atom. The van der Waals surface area contributed by atoms with Crippen LogP contribution in [0.5, 0.6) is 0 Å². The number of esters is 1. The molecule has 0 aliphatic carbocycles. The minimum atomic E-state index is -0.615. The Bertz CT molecular complexity index is 576. The number of hydrogen-bond donors (Lipinski definition) is 0. The second-order valence-electron chi connectivity index (χ2n) is 3.79. The molecule has 1 aromatic rings. The fourth-order valence-electron chi connectivity index (χ4n) is 1.49. The predicted octanol–water partition coefficient (Wildman–Crippen LogP) is 2.27. The van der Waals surface area contributed by atoms with E-state index in [0.29, 0.717) is 4.91 Å². The Hall–Kier alpha value is -1.60. The van der Waals surface area contributed by atoms with Crippen molar-refractivity contribution in [2.45, 2.75) is 6.92 Å². The van der Waals surface area contributed by atoms with Gasteiger partial charge in [0.2, 0.25) is 0 Å². The van der Waals surface area contributed by atoms with Crippen molar-refractivity contribution in [2.75, 3.05) is 13.7 Å². The molecular formula is C12H11NO4S2. The van der Waals surface area contributed by atoms with Crippen LogP contribution in [-0.4, -0.2) is 35.7 Å². The molecule has 100 valence electrons. The van der Waals surface area contributed by atoms with Gasteiger partial charge in [0.05, 0.1) is 12.0 Å². The van der Waals surface area contributed by atoms with Crippen LogP contribution in [0.2, 0.25) is 0 Å². The summed E-state index contributed by atoms with van der Waals surface area (Å²) in [5.41, 5.74) is 0. The Balaban J connectivity index is 2.18. The monoisotopic (exact) mass is 297 g/mol. The number of hydrogen-bond acceptors (Lipinski definition) is 6. The standard InChI is InChI=1S/C12H11NO4S2/c1-7-3-4-8(18-7)5-9-11(15)13(12(16)19-9)6-10(14)17-2/h3-5H,6H2,1-2H3/b9-5-. The first kappa shape index (κ1) is 13.8. The predicted molar refractivity (Wildman–Crippen MR) is 73.7 cm³/mol. The Morgan fingerprint density at radius 3 is 2.74 bits per heavy atom. The smallest absolute Gasteiger partial charge is 0.325 e. The Morgan fingerprint density at radius 1 is 1.42 bits per heavy atom. The lowest BCUT2D eigenvalue weighted by atomic mass is 10.3. The quantitative estimate of drug-likeness (QED) is 0.632. The minimum absolute atomic E-state index is 0.329. The van der Waals surface area contributed by atoms with E-state index in [1.54, 1.807) is 6.08 Å². The van der Waals surface area contributed by atoms with E-state index >= 15 is 0 Å². The zero-order chi connectivity index (χ0) is 14.0. The molecule has 1 fully saturated rings. The molecule has 0 unspecified atom stereocenters. The summed E-state index contributed by atoms with van der Waals surface area (Å²) in [6.45, 7) is 1.62. The normalized spacial score (nSPS) is 17.4. The van der Waals surface area contributed by atoms with Gasteiger partial charge in [0, 0.05) is 9.75 Å². The second-order valence-corrected chi connectivity index (χ2v) is 6.11. The van der Waals surface area contributed by atoms with Crippen molar-refractivity contribution < 1.29 is 19.1 Å². The summed E-state index contributed by atoms with van der Waals surface area (Å²) >= 11 is 2.37. The molecule has 7 heteroatoms. The fourth-order valence-corrected chi connectivity index (χ4v) is 3.21. The van der Waals surface area contributed by atoms with Crippen LogP contribution < -0.4 is 0 Å². The van der Waals surface area contributed by atoms with E-state index in [2.05, 4.69) is 4.74 Å². The number of methoxy groups -OCH3 is 1. The molecule has 0 radical (unpaired) electrons. The molecule has 1 saturated heterocycles. The highest BCUT2D eigenvalue weighted by molar-refractivity contribution is 8.18. The number of thioether (sulfide) groups is 1. The van der Waals surface area contributed by atoms with Crippen LogP contribution in [0.15, 0.2) is 17.0 Å². The lowest BCUT2D eigenvalue weighted by Crippen LogP contribution is -2.34. The molecule has 2 amide bonds. The van der Waals surface area contributed by atoms with Gasteiger partial charge in [0.1, 0.15) is 6.54 Å². The maximum atomic E-state index is 12.0. The third kappa shape index (κ3) is 3.05. The van der Waals surface area contributed by atoms with Gasteiger partial charge in [-0.3, -0.25) is 19.3 Å². The number of ether oxygens (including phenoxy) is 1. The van der Waals surface area contributed by atoms with Gasteiger partial charge in [-0.1, -0.05) is 0 Å². The summed E-state index contributed by atoms with van der Waals surface area (Å²) in [6.07, 6.45) is 1.67. The molecule has 1 aliphatic heterocycles. The molecule has 0 N–H and O–H groups in total. The third-order valence-corrected chi connectivity index (χ3v) is 4.28. The summed E-state index contributed by atoms with van der Waals surface area (Å²) in [7, 11) is 1.21. The Labute approximate surface area is 118 Å². The van der Waals surface area contributed by atoms with Crippen molar-refractivity contribution in [3.63, 3.8) is 0 Å². The zero-order valence-corrected chi connectivity index (χ0v) is 12.0. The maximum Gasteiger partial charge on any atom is 0.325 e. The van der Waals surface area contributed by atoms with E-state index in [4.69, 9.17) is 0 Å². The van der Waals surface area contributed by atoms with Crippen LogP contribution >= 0.6 is 23.1 Å². The van der Waals surface area contributed by atoms with Crippen LogP contribution in [0, 0.1) is 6.92 Å². The van der Waals surface area contributed by atoms with Crippen molar-refractivity contribution in [1.82, 2.24) is 4.90 Å². The van der Waals surface area contributed by atoms with Gasteiger partial charge in [-0.2, -0.15) is 0 Å². The third-order valence-electron chi connectivity index (χ3n) is 2.42. The highest BCUT2D eigenvalue weighted by atomic mass is 32.2. The van der Waals surface area contributed by atoms with E-state index < -0.39 is 17.1 Å². The average molecular weight is 297 g/mol. The van der Waals surface area contributed by atoms with Crippen LogP contribution in [-0.2, 0) is 14.3 Å². The largest absolute Gasteiger partial charge is 0.468 e. The summed E-state index contributed by atoms with van der Waals surface area (Å²) < 4.78 is 4.45. The number of amides is 2. The first-order valence-electron chi connectivity index (χ1n) is 5.40. The van der Waals surface area contributed by atoms with Crippen molar-refractivity contribution in [3.8, 4) is 0 Å². The molecule has 0 spiro atoms. The van der Waals surface area contributed by atoms with Gasteiger partial charge in [0.15, 0.2) is 0 Å². The van der Waals surface area contributed by atoms with Crippen molar-refractivity contribution >= 4 is 46.3 Å². The van der Waals surface area contributed by atoms with E-state index in [1.165, 1.54) is 18.4 Å². The molecule has 5 nitrogen and oxygen atoms in total. The summed E-state index contributed by atoms with van der Waals surface area (Å²) in [6, 6.07) is 3.82. The summed E-state index contributed by atoms with van der Waals surface area (Å²) in [5.74, 6) is -1.07. The molecule has 0 atom stereocenters. The second kappa shape index (κ2) is 5.58. The molecule has 2 rings (SSSR count). The molecule has 2 heterocycles. The minimum Gasteiger partial charge on any atom is -0.468 e. The van der Waals surface area contributed by atoms with Gasteiger partial charge in [0.25, 0.3) is 11.1 Å². The SMILES string of the molecule is COC(=O)CN1C(=O)S/C(=C\c2ccc(C)s2)C1=O. The number of nitrogens with zero attached hydrogens (tertiary/aromatic N) is 1. The van der Waals surface area contributed by atoms with E-state index in [-0.39, 0.29) is 6.54 Å². The number of carbonyl (C=O) groups is 3. The first-order chi connectivity index (χ1) is 9.01. The lowest BCUT2D eigenvalue weighted by molar-refractivity contribution is -0.143. The van der Waals surface area contributed by atoms with Crippen molar-refractivity contribution in [2.24, 2.45) is 0 Å². The maximum absolute atomic E-state index is 12.0. The van der Waals surface area contributed by atoms with Crippen LogP contribution in [0.4, 0.5) is 4.79 Å². The zero-order valence-electron chi connectivity index (χ0n) is 10.3. The molecule has 1 aromatic heterocycles.